The van der Waals surface area contributed by atoms with Gasteiger partial charge in [0, 0.05) is 38.1 Å². The van der Waals surface area contributed by atoms with Gasteiger partial charge in [0.1, 0.15) is 6.10 Å². The van der Waals surface area contributed by atoms with Crippen LogP contribution in [0.1, 0.15) is 33.6 Å². The number of nitrogens with zero attached hydrogens (tertiary/aromatic N) is 1. The Morgan fingerprint density at radius 3 is 2.75 bits per heavy atom. The van der Waals surface area contributed by atoms with Crippen molar-refractivity contribution in [3.8, 4) is 0 Å². The van der Waals surface area contributed by atoms with Gasteiger partial charge in [-0.15, -0.1) is 0 Å². The fourth-order valence-electron chi connectivity index (χ4n) is 2.73. The smallest absolute Gasteiger partial charge is 0.253 e. The van der Waals surface area contributed by atoms with Crippen LogP contribution in [-0.4, -0.2) is 60.6 Å². The standard InChI is InChI=1S/C14H25N3O3/c1-9(2)17(8-11-4-5-13(18)16-11)14(19)12-7-15-6-10(3)20-12/h9-12,15H,4-8H2,1-3H3,(H,16,18)/t10-,11-,12-/m0/s1. The molecule has 20 heavy (non-hydrogen) atoms. The van der Waals surface area contributed by atoms with Crippen molar-refractivity contribution in [2.75, 3.05) is 19.6 Å². The molecule has 6 heteroatoms. The highest BCUT2D eigenvalue weighted by Gasteiger charge is 2.33. The number of hydrogen-bond donors (Lipinski definition) is 2. The first-order chi connectivity index (χ1) is 9.47. The van der Waals surface area contributed by atoms with Gasteiger partial charge < -0.3 is 20.3 Å². The molecule has 2 saturated heterocycles. The van der Waals surface area contributed by atoms with Gasteiger partial charge in [0.2, 0.25) is 5.91 Å². The minimum atomic E-state index is -0.418. The summed E-state index contributed by atoms with van der Waals surface area (Å²) < 4.78 is 5.72. The molecule has 0 aromatic rings. The highest BCUT2D eigenvalue weighted by atomic mass is 16.5. The summed E-state index contributed by atoms with van der Waals surface area (Å²) in [6, 6.07) is 0.170. The van der Waals surface area contributed by atoms with Gasteiger partial charge in [-0.3, -0.25) is 9.59 Å². The van der Waals surface area contributed by atoms with E-state index in [1.165, 1.54) is 0 Å². The molecule has 2 rings (SSSR count). The lowest BCUT2D eigenvalue weighted by molar-refractivity contribution is -0.151. The summed E-state index contributed by atoms with van der Waals surface area (Å²) in [5.41, 5.74) is 0. The van der Waals surface area contributed by atoms with Crippen LogP contribution in [0.25, 0.3) is 0 Å². The van der Waals surface area contributed by atoms with E-state index in [0.29, 0.717) is 19.5 Å². The minimum Gasteiger partial charge on any atom is -0.363 e. The third-order valence-corrected chi connectivity index (χ3v) is 3.84. The lowest BCUT2D eigenvalue weighted by Gasteiger charge is -2.35. The Bertz CT molecular complexity index is 373. The molecule has 0 spiro atoms. The molecule has 6 nitrogen and oxygen atoms in total. The monoisotopic (exact) mass is 283 g/mol. The van der Waals surface area contributed by atoms with Crippen LogP contribution in [0.2, 0.25) is 0 Å². The second kappa shape index (κ2) is 6.54. The van der Waals surface area contributed by atoms with Gasteiger partial charge in [-0.2, -0.15) is 0 Å². The predicted molar refractivity (Wildman–Crippen MR) is 75.2 cm³/mol. The molecule has 0 bridgehead atoms. The maximum atomic E-state index is 12.6. The molecular formula is C14H25N3O3. The van der Waals surface area contributed by atoms with E-state index in [0.717, 1.165) is 13.0 Å². The first-order valence-electron chi connectivity index (χ1n) is 7.43. The summed E-state index contributed by atoms with van der Waals surface area (Å²) in [4.78, 5) is 25.7. The topological polar surface area (TPSA) is 70.7 Å². The Kier molecular flexibility index (Phi) is 4.99. The number of ether oxygens (including phenoxy) is 1. The molecule has 2 fully saturated rings. The van der Waals surface area contributed by atoms with Gasteiger partial charge in [0.15, 0.2) is 0 Å². The Morgan fingerprint density at radius 1 is 1.45 bits per heavy atom. The number of nitrogens with one attached hydrogen (secondary N) is 2. The van der Waals surface area contributed by atoms with Crippen molar-refractivity contribution in [1.82, 2.24) is 15.5 Å². The number of carbonyl (C=O) groups is 2. The summed E-state index contributed by atoms with van der Waals surface area (Å²) in [6.07, 6.45) is 0.995. The third kappa shape index (κ3) is 3.70. The van der Waals surface area contributed by atoms with Crippen molar-refractivity contribution < 1.29 is 14.3 Å². The second-order valence-corrected chi connectivity index (χ2v) is 5.98. The number of hydrogen-bond acceptors (Lipinski definition) is 4. The minimum absolute atomic E-state index is 0.0141. The number of rotatable bonds is 4. The van der Waals surface area contributed by atoms with Crippen molar-refractivity contribution in [2.24, 2.45) is 0 Å². The van der Waals surface area contributed by atoms with Crippen LogP contribution in [-0.2, 0) is 14.3 Å². The van der Waals surface area contributed by atoms with Gasteiger partial charge in [-0.1, -0.05) is 0 Å². The quantitative estimate of drug-likeness (QED) is 0.754. The van der Waals surface area contributed by atoms with Crippen molar-refractivity contribution in [2.45, 2.75) is 57.9 Å². The molecule has 2 heterocycles. The lowest BCUT2D eigenvalue weighted by atomic mass is 10.1. The lowest BCUT2D eigenvalue weighted by Crippen LogP contribution is -2.55. The van der Waals surface area contributed by atoms with Gasteiger partial charge in [0.05, 0.1) is 6.10 Å². The third-order valence-electron chi connectivity index (χ3n) is 3.84. The molecule has 0 unspecified atom stereocenters. The molecule has 0 saturated carbocycles. The van der Waals surface area contributed by atoms with Crippen molar-refractivity contribution in [3.05, 3.63) is 0 Å². The SMILES string of the molecule is CC(C)N(C[C@@H]1CCC(=O)N1)C(=O)[C@@H]1CNC[C@H](C)O1. The van der Waals surface area contributed by atoms with Crippen LogP contribution in [0.5, 0.6) is 0 Å². The number of amides is 2. The average Bonchev–Trinajstić information content (AvgIpc) is 2.80. The largest absolute Gasteiger partial charge is 0.363 e. The van der Waals surface area contributed by atoms with E-state index < -0.39 is 6.10 Å². The zero-order chi connectivity index (χ0) is 14.7. The summed E-state index contributed by atoms with van der Waals surface area (Å²) in [5.74, 6) is 0.0931. The molecule has 3 atom stereocenters. The highest BCUT2D eigenvalue weighted by molar-refractivity contribution is 5.82. The molecule has 2 aliphatic rings. The Hall–Kier alpha value is -1.14. The molecule has 114 valence electrons. The van der Waals surface area contributed by atoms with E-state index in [-0.39, 0.29) is 30.0 Å². The van der Waals surface area contributed by atoms with Crippen LogP contribution < -0.4 is 10.6 Å². The molecule has 2 aliphatic heterocycles. The molecule has 0 aromatic carbocycles. The maximum absolute atomic E-state index is 12.6. The Balaban J connectivity index is 1.96. The van der Waals surface area contributed by atoms with E-state index >= 15 is 0 Å². The fourth-order valence-corrected chi connectivity index (χ4v) is 2.73. The molecular weight excluding hydrogens is 258 g/mol. The second-order valence-electron chi connectivity index (χ2n) is 5.98. The first-order valence-corrected chi connectivity index (χ1v) is 7.43. The van der Waals surface area contributed by atoms with Crippen LogP contribution in [0, 0.1) is 0 Å². The Labute approximate surface area is 120 Å². The van der Waals surface area contributed by atoms with Crippen molar-refractivity contribution in [1.29, 1.82) is 0 Å². The first kappa shape index (κ1) is 15.3. The van der Waals surface area contributed by atoms with Gasteiger partial charge in [0.25, 0.3) is 5.91 Å². The molecule has 0 aromatic heterocycles. The number of morpholine rings is 1. The van der Waals surface area contributed by atoms with Gasteiger partial charge in [-0.05, 0) is 27.2 Å². The van der Waals surface area contributed by atoms with Crippen molar-refractivity contribution in [3.63, 3.8) is 0 Å². The zero-order valence-corrected chi connectivity index (χ0v) is 12.5. The maximum Gasteiger partial charge on any atom is 0.253 e. The summed E-state index contributed by atoms with van der Waals surface area (Å²) in [6.45, 7) is 7.86. The van der Waals surface area contributed by atoms with E-state index in [9.17, 15) is 9.59 Å². The van der Waals surface area contributed by atoms with Crippen LogP contribution >= 0.6 is 0 Å². The van der Waals surface area contributed by atoms with Crippen LogP contribution in [0.4, 0.5) is 0 Å². The van der Waals surface area contributed by atoms with E-state index in [4.69, 9.17) is 4.74 Å². The summed E-state index contributed by atoms with van der Waals surface area (Å²) in [7, 11) is 0. The van der Waals surface area contributed by atoms with Crippen LogP contribution in [0.15, 0.2) is 0 Å². The summed E-state index contributed by atoms with van der Waals surface area (Å²) in [5, 5.41) is 6.13. The van der Waals surface area contributed by atoms with Crippen LogP contribution in [0.3, 0.4) is 0 Å². The zero-order valence-electron chi connectivity index (χ0n) is 12.5. The molecule has 0 aliphatic carbocycles. The molecule has 2 N–H and O–H groups in total. The molecule has 2 amide bonds. The predicted octanol–water partition coefficient (Wildman–Crippen LogP) is -0.121. The van der Waals surface area contributed by atoms with E-state index in [1.807, 2.05) is 25.7 Å². The highest BCUT2D eigenvalue weighted by Crippen LogP contribution is 2.14. The molecule has 0 radical (unpaired) electrons. The van der Waals surface area contributed by atoms with Gasteiger partial charge >= 0.3 is 0 Å². The average molecular weight is 283 g/mol. The number of carbonyl (C=O) groups excluding carboxylic acids is 2. The van der Waals surface area contributed by atoms with E-state index in [1.54, 1.807) is 0 Å². The van der Waals surface area contributed by atoms with Gasteiger partial charge in [-0.25, -0.2) is 0 Å². The Morgan fingerprint density at radius 2 is 2.20 bits per heavy atom. The fraction of sp³-hybridized carbons (Fsp3) is 0.857. The van der Waals surface area contributed by atoms with Crippen molar-refractivity contribution >= 4 is 11.8 Å². The summed E-state index contributed by atoms with van der Waals surface area (Å²) >= 11 is 0. The normalized spacial score (nSPS) is 30.4. The van der Waals surface area contributed by atoms with E-state index in [2.05, 4.69) is 10.6 Å².